The zero-order valence-corrected chi connectivity index (χ0v) is 14.0. The minimum absolute atomic E-state index is 0.494. The van der Waals surface area contributed by atoms with Crippen LogP contribution in [0.15, 0.2) is 24.3 Å². The fourth-order valence-electron chi connectivity index (χ4n) is 4.77. The molecular weight excluding hydrogens is 256 g/mol. The summed E-state index contributed by atoms with van der Waals surface area (Å²) in [4.78, 5) is 5.28. The Balaban J connectivity index is 1.88. The highest BCUT2D eigenvalue weighted by Gasteiger charge is 2.44. The maximum absolute atomic E-state index is 2.65. The Labute approximate surface area is 130 Å². The van der Waals surface area contributed by atoms with Crippen LogP contribution in [0, 0.1) is 12.8 Å². The van der Waals surface area contributed by atoms with E-state index in [1.54, 1.807) is 0 Å². The van der Waals surface area contributed by atoms with Crippen molar-refractivity contribution in [2.75, 3.05) is 11.9 Å². The van der Waals surface area contributed by atoms with Gasteiger partial charge in [0.2, 0.25) is 0 Å². The van der Waals surface area contributed by atoms with Gasteiger partial charge < -0.3 is 4.90 Å². The van der Waals surface area contributed by atoms with Gasteiger partial charge >= 0.3 is 0 Å². The van der Waals surface area contributed by atoms with E-state index >= 15 is 0 Å². The van der Waals surface area contributed by atoms with Crippen molar-refractivity contribution in [3.05, 3.63) is 29.8 Å². The Bertz CT molecular complexity index is 478. The van der Waals surface area contributed by atoms with Crippen LogP contribution in [-0.4, -0.2) is 30.2 Å². The first kappa shape index (κ1) is 14.9. The molecule has 2 aliphatic rings. The van der Waals surface area contributed by atoms with Crippen molar-refractivity contribution < 1.29 is 0 Å². The maximum Gasteiger partial charge on any atom is 0.0796 e. The Morgan fingerprint density at radius 3 is 2.33 bits per heavy atom. The average molecular weight is 286 g/mol. The van der Waals surface area contributed by atoms with E-state index in [1.807, 2.05) is 0 Å². The van der Waals surface area contributed by atoms with E-state index in [0.29, 0.717) is 18.2 Å². The number of rotatable bonds is 2. The summed E-state index contributed by atoms with van der Waals surface area (Å²) < 4.78 is 0. The molecule has 2 heteroatoms. The van der Waals surface area contributed by atoms with Crippen LogP contribution >= 0.6 is 0 Å². The monoisotopic (exact) mass is 286 g/mol. The lowest BCUT2D eigenvalue weighted by molar-refractivity contribution is 0.153. The predicted octanol–water partition coefficient (Wildman–Crippen LogP) is 4.43. The van der Waals surface area contributed by atoms with Gasteiger partial charge in [0.1, 0.15) is 0 Å². The number of likely N-dealkylation sites (N-methyl/N-ethyl adjacent to an activating group) is 1. The molecule has 1 heterocycles. The van der Waals surface area contributed by atoms with E-state index in [0.717, 1.165) is 5.92 Å². The second-order valence-electron chi connectivity index (χ2n) is 7.12. The van der Waals surface area contributed by atoms with Gasteiger partial charge in [-0.15, -0.1) is 0 Å². The van der Waals surface area contributed by atoms with Gasteiger partial charge in [-0.1, -0.05) is 37.5 Å². The van der Waals surface area contributed by atoms with E-state index in [4.69, 9.17) is 0 Å². The quantitative estimate of drug-likeness (QED) is 0.793. The topological polar surface area (TPSA) is 6.48 Å². The summed E-state index contributed by atoms with van der Waals surface area (Å²) >= 11 is 0. The molecule has 0 aromatic heterocycles. The SMILES string of the molecule is Cc1ccccc1N1C(C)N(C)C(C2CCCCC2)[C@@H]1C. The zero-order chi connectivity index (χ0) is 15.0. The lowest BCUT2D eigenvalue weighted by Crippen LogP contribution is -2.41. The standard InChI is InChI=1S/C19H30N2/c1-14-10-8-9-13-18(14)21-15(2)19(20(4)16(21)3)17-11-6-5-7-12-17/h8-10,13,15-17,19H,5-7,11-12H2,1-4H3/t15-,16?,19?/m0/s1. The number of benzene rings is 1. The first-order chi connectivity index (χ1) is 10.1. The average Bonchev–Trinajstić information content (AvgIpc) is 2.71. The smallest absolute Gasteiger partial charge is 0.0796 e. The molecule has 1 aromatic rings. The molecule has 1 saturated carbocycles. The van der Waals surface area contributed by atoms with Crippen LogP contribution in [0.2, 0.25) is 0 Å². The highest BCUT2D eigenvalue weighted by Crippen LogP contribution is 2.39. The molecule has 3 rings (SSSR count). The lowest BCUT2D eigenvalue weighted by Gasteiger charge is -2.34. The van der Waals surface area contributed by atoms with Gasteiger partial charge in [0.25, 0.3) is 0 Å². The minimum Gasteiger partial charge on any atom is -0.352 e. The number of nitrogens with zero attached hydrogens (tertiary/aromatic N) is 2. The van der Waals surface area contributed by atoms with Crippen molar-refractivity contribution in [2.24, 2.45) is 5.92 Å². The lowest BCUT2D eigenvalue weighted by atomic mass is 9.81. The molecule has 2 fully saturated rings. The summed E-state index contributed by atoms with van der Waals surface area (Å²) in [6.45, 7) is 7.04. The van der Waals surface area contributed by atoms with Crippen LogP contribution in [0.5, 0.6) is 0 Å². The summed E-state index contributed by atoms with van der Waals surface area (Å²) in [7, 11) is 2.33. The first-order valence-corrected chi connectivity index (χ1v) is 8.67. The van der Waals surface area contributed by atoms with E-state index < -0.39 is 0 Å². The van der Waals surface area contributed by atoms with Crippen molar-refractivity contribution >= 4 is 5.69 Å². The number of hydrogen-bond donors (Lipinski definition) is 0. The van der Waals surface area contributed by atoms with Crippen LogP contribution in [0.1, 0.15) is 51.5 Å². The third-order valence-electron chi connectivity index (χ3n) is 5.92. The Kier molecular flexibility index (Phi) is 4.26. The van der Waals surface area contributed by atoms with Crippen LogP contribution in [-0.2, 0) is 0 Å². The molecule has 1 aliphatic heterocycles. The summed E-state index contributed by atoms with van der Waals surface area (Å²) in [6.07, 6.45) is 7.65. The molecule has 0 amide bonds. The van der Waals surface area contributed by atoms with Crippen LogP contribution < -0.4 is 4.90 Å². The van der Waals surface area contributed by atoms with Crippen molar-refractivity contribution in [3.63, 3.8) is 0 Å². The molecule has 0 radical (unpaired) electrons. The molecule has 2 unspecified atom stereocenters. The van der Waals surface area contributed by atoms with E-state index in [2.05, 4.69) is 61.9 Å². The third-order valence-corrected chi connectivity index (χ3v) is 5.92. The van der Waals surface area contributed by atoms with Gasteiger partial charge in [-0.3, -0.25) is 4.90 Å². The van der Waals surface area contributed by atoms with Crippen LogP contribution in [0.3, 0.4) is 0 Å². The molecule has 0 spiro atoms. The van der Waals surface area contributed by atoms with Gasteiger partial charge in [-0.05, 0) is 58.2 Å². The van der Waals surface area contributed by atoms with Crippen molar-refractivity contribution in [1.29, 1.82) is 0 Å². The van der Waals surface area contributed by atoms with Gasteiger partial charge in [0.15, 0.2) is 0 Å². The normalized spacial score (nSPS) is 31.8. The fourth-order valence-corrected chi connectivity index (χ4v) is 4.77. The first-order valence-electron chi connectivity index (χ1n) is 8.67. The summed E-state index contributed by atoms with van der Waals surface area (Å²) in [5.74, 6) is 0.884. The van der Waals surface area contributed by atoms with Crippen LogP contribution in [0.4, 0.5) is 5.69 Å². The van der Waals surface area contributed by atoms with E-state index in [-0.39, 0.29) is 0 Å². The second-order valence-corrected chi connectivity index (χ2v) is 7.12. The predicted molar refractivity (Wildman–Crippen MR) is 90.7 cm³/mol. The molecule has 1 aliphatic carbocycles. The Hall–Kier alpha value is -1.02. The zero-order valence-electron chi connectivity index (χ0n) is 14.0. The molecule has 0 bridgehead atoms. The minimum atomic E-state index is 0.494. The molecule has 0 N–H and O–H groups in total. The van der Waals surface area contributed by atoms with Gasteiger partial charge in [-0.25, -0.2) is 0 Å². The van der Waals surface area contributed by atoms with Gasteiger partial charge in [0, 0.05) is 17.8 Å². The number of anilines is 1. The number of hydrogen-bond acceptors (Lipinski definition) is 2. The summed E-state index contributed by atoms with van der Waals surface area (Å²) in [6, 6.07) is 10.2. The Morgan fingerprint density at radius 1 is 1.00 bits per heavy atom. The highest BCUT2D eigenvalue weighted by molar-refractivity contribution is 5.55. The van der Waals surface area contributed by atoms with Crippen molar-refractivity contribution in [2.45, 2.75) is 71.1 Å². The summed E-state index contributed by atoms with van der Waals surface area (Å²) in [5.41, 5.74) is 2.82. The molecule has 116 valence electrons. The van der Waals surface area contributed by atoms with Crippen molar-refractivity contribution in [3.8, 4) is 0 Å². The molecule has 3 atom stereocenters. The number of para-hydroxylation sites is 1. The second kappa shape index (κ2) is 6.00. The molecular formula is C19H30N2. The van der Waals surface area contributed by atoms with Gasteiger partial charge in [-0.2, -0.15) is 0 Å². The molecule has 1 aromatic carbocycles. The molecule has 1 saturated heterocycles. The summed E-state index contributed by atoms with van der Waals surface area (Å²) in [5, 5.41) is 0. The highest BCUT2D eigenvalue weighted by atomic mass is 15.4. The van der Waals surface area contributed by atoms with Gasteiger partial charge in [0.05, 0.1) is 6.17 Å². The van der Waals surface area contributed by atoms with Crippen LogP contribution in [0.25, 0.3) is 0 Å². The Morgan fingerprint density at radius 2 is 1.67 bits per heavy atom. The molecule has 21 heavy (non-hydrogen) atoms. The fraction of sp³-hybridized carbons (Fsp3) is 0.684. The van der Waals surface area contributed by atoms with E-state index in [1.165, 1.54) is 43.4 Å². The van der Waals surface area contributed by atoms with E-state index in [9.17, 15) is 0 Å². The largest absolute Gasteiger partial charge is 0.352 e. The maximum atomic E-state index is 2.65. The van der Waals surface area contributed by atoms with Crippen molar-refractivity contribution in [1.82, 2.24) is 4.90 Å². The third kappa shape index (κ3) is 2.59. The number of aryl methyl sites for hydroxylation is 1. The molecule has 2 nitrogen and oxygen atoms in total.